The summed E-state index contributed by atoms with van der Waals surface area (Å²) in [5, 5.41) is 2.63. The lowest BCUT2D eigenvalue weighted by Gasteiger charge is -2.18. The number of nitrogens with zero attached hydrogens (tertiary/aromatic N) is 1. The zero-order valence-electron chi connectivity index (χ0n) is 14.5. The van der Waals surface area contributed by atoms with Crippen molar-refractivity contribution < 1.29 is 27.4 Å². The summed E-state index contributed by atoms with van der Waals surface area (Å²) in [6.07, 6.45) is -0.795. The minimum absolute atomic E-state index is 0.249. The van der Waals surface area contributed by atoms with Crippen LogP contribution >= 0.6 is 0 Å². The van der Waals surface area contributed by atoms with Crippen LogP contribution in [0.4, 0.5) is 13.2 Å². The van der Waals surface area contributed by atoms with Crippen molar-refractivity contribution in [1.29, 1.82) is 0 Å². The molecule has 0 atom stereocenters. The van der Waals surface area contributed by atoms with Gasteiger partial charge in [0.15, 0.2) is 11.5 Å². The molecule has 25 heavy (non-hydrogen) atoms. The number of amides is 1. The normalized spacial score (nSPS) is 11.8. The fourth-order valence-electron chi connectivity index (χ4n) is 2.13. The second-order valence-corrected chi connectivity index (χ2v) is 5.45. The van der Waals surface area contributed by atoms with Gasteiger partial charge in [-0.2, -0.15) is 13.2 Å². The third kappa shape index (κ3) is 8.44. The van der Waals surface area contributed by atoms with Gasteiger partial charge in [-0.25, -0.2) is 0 Å². The molecular weight excluding hydrogens is 337 g/mol. The molecule has 0 radical (unpaired) electrons. The van der Waals surface area contributed by atoms with E-state index in [0.717, 1.165) is 5.56 Å². The predicted molar refractivity (Wildman–Crippen MR) is 89.8 cm³/mol. The highest BCUT2D eigenvalue weighted by Crippen LogP contribution is 2.27. The van der Waals surface area contributed by atoms with Crippen molar-refractivity contribution in [3.05, 3.63) is 29.8 Å². The number of methoxy groups -OCH3 is 2. The SMILES string of the molecule is COc1ccc(/C=C/C(=O)NCCCN(C)CC(F)(F)F)cc1OC. The topological polar surface area (TPSA) is 50.8 Å². The van der Waals surface area contributed by atoms with Gasteiger partial charge < -0.3 is 14.8 Å². The number of hydrogen-bond donors (Lipinski definition) is 1. The van der Waals surface area contributed by atoms with Gasteiger partial charge in [0, 0.05) is 12.6 Å². The molecule has 0 aliphatic rings. The third-order valence-corrected chi connectivity index (χ3v) is 3.30. The van der Waals surface area contributed by atoms with Crippen LogP contribution in [0.3, 0.4) is 0 Å². The van der Waals surface area contributed by atoms with Crippen molar-refractivity contribution in [3.63, 3.8) is 0 Å². The molecule has 0 saturated heterocycles. The van der Waals surface area contributed by atoms with Gasteiger partial charge in [0.1, 0.15) is 0 Å². The van der Waals surface area contributed by atoms with Crippen molar-refractivity contribution in [3.8, 4) is 11.5 Å². The fraction of sp³-hybridized carbons (Fsp3) is 0.471. The van der Waals surface area contributed by atoms with E-state index in [4.69, 9.17) is 9.47 Å². The van der Waals surface area contributed by atoms with Crippen molar-refractivity contribution in [2.45, 2.75) is 12.6 Å². The number of rotatable bonds is 9. The van der Waals surface area contributed by atoms with Crippen LogP contribution < -0.4 is 14.8 Å². The Balaban J connectivity index is 2.38. The Morgan fingerprint density at radius 1 is 1.24 bits per heavy atom. The molecular formula is C17H23F3N2O3. The first-order chi connectivity index (χ1) is 11.7. The van der Waals surface area contributed by atoms with Gasteiger partial charge in [0.05, 0.1) is 20.8 Å². The number of carbonyl (C=O) groups excluding carboxylic acids is 1. The number of alkyl halides is 3. The fourth-order valence-corrected chi connectivity index (χ4v) is 2.13. The molecule has 0 heterocycles. The van der Waals surface area contributed by atoms with Crippen molar-refractivity contribution in [2.75, 3.05) is 40.9 Å². The second kappa shape index (κ2) is 9.93. The van der Waals surface area contributed by atoms with Crippen LogP contribution in [0.15, 0.2) is 24.3 Å². The Morgan fingerprint density at radius 3 is 2.52 bits per heavy atom. The maximum absolute atomic E-state index is 12.2. The Kier molecular flexibility index (Phi) is 8.27. The molecule has 140 valence electrons. The van der Waals surface area contributed by atoms with E-state index in [9.17, 15) is 18.0 Å². The maximum atomic E-state index is 12.2. The smallest absolute Gasteiger partial charge is 0.401 e. The largest absolute Gasteiger partial charge is 0.493 e. The van der Waals surface area contributed by atoms with Crippen LogP contribution in [0.2, 0.25) is 0 Å². The number of nitrogens with one attached hydrogen (secondary N) is 1. The first-order valence-electron chi connectivity index (χ1n) is 7.68. The molecule has 0 aliphatic carbocycles. The Bertz CT molecular complexity index is 589. The van der Waals surface area contributed by atoms with E-state index < -0.39 is 12.7 Å². The van der Waals surface area contributed by atoms with Gasteiger partial charge >= 0.3 is 6.18 Å². The minimum Gasteiger partial charge on any atom is -0.493 e. The van der Waals surface area contributed by atoms with E-state index in [1.165, 1.54) is 32.2 Å². The summed E-state index contributed by atoms with van der Waals surface area (Å²) in [5.74, 6) is 0.832. The monoisotopic (exact) mass is 360 g/mol. The van der Waals surface area contributed by atoms with Crippen LogP contribution in [-0.4, -0.2) is 57.9 Å². The number of ether oxygens (including phenoxy) is 2. The number of benzene rings is 1. The lowest BCUT2D eigenvalue weighted by atomic mass is 10.2. The van der Waals surface area contributed by atoms with E-state index in [-0.39, 0.29) is 12.5 Å². The van der Waals surface area contributed by atoms with E-state index in [0.29, 0.717) is 24.5 Å². The lowest BCUT2D eigenvalue weighted by Crippen LogP contribution is -2.33. The molecule has 0 bridgehead atoms. The molecule has 1 N–H and O–H groups in total. The standard InChI is InChI=1S/C17H23F3N2O3/c1-22(12-17(18,19)20)10-4-9-21-16(23)8-6-13-5-7-14(24-2)15(11-13)25-3/h5-8,11H,4,9-10,12H2,1-3H3,(H,21,23)/b8-6+. The molecule has 0 aliphatic heterocycles. The molecule has 1 rings (SSSR count). The van der Waals surface area contributed by atoms with E-state index in [1.807, 2.05) is 0 Å². The summed E-state index contributed by atoms with van der Waals surface area (Å²) >= 11 is 0. The summed E-state index contributed by atoms with van der Waals surface area (Å²) in [4.78, 5) is 12.9. The maximum Gasteiger partial charge on any atom is 0.401 e. The van der Waals surface area contributed by atoms with Crippen LogP contribution in [-0.2, 0) is 4.79 Å². The first-order valence-corrected chi connectivity index (χ1v) is 7.68. The highest BCUT2D eigenvalue weighted by atomic mass is 19.4. The average Bonchev–Trinajstić information content (AvgIpc) is 2.55. The Labute approximate surface area is 145 Å². The predicted octanol–water partition coefficient (Wildman–Crippen LogP) is 2.72. The zero-order valence-corrected chi connectivity index (χ0v) is 14.5. The molecule has 5 nitrogen and oxygen atoms in total. The molecule has 8 heteroatoms. The Hall–Kier alpha value is -2.22. The van der Waals surface area contributed by atoms with Gasteiger partial charge in [0.2, 0.25) is 5.91 Å². The van der Waals surface area contributed by atoms with Gasteiger partial charge in [-0.15, -0.1) is 0 Å². The highest BCUT2D eigenvalue weighted by Gasteiger charge is 2.28. The second-order valence-electron chi connectivity index (χ2n) is 5.45. The van der Waals surface area contributed by atoms with E-state index in [1.54, 1.807) is 24.3 Å². The summed E-state index contributed by atoms with van der Waals surface area (Å²) < 4.78 is 46.8. The van der Waals surface area contributed by atoms with Crippen LogP contribution in [0.5, 0.6) is 11.5 Å². The van der Waals surface area contributed by atoms with E-state index >= 15 is 0 Å². The summed E-state index contributed by atoms with van der Waals surface area (Å²) in [6.45, 7) is -0.406. The average molecular weight is 360 g/mol. The van der Waals surface area contributed by atoms with Crippen LogP contribution in [0.1, 0.15) is 12.0 Å². The molecule has 1 aromatic carbocycles. The number of carbonyl (C=O) groups is 1. The van der Waals surface area contributed by atoms with Gasteiger partial charge in [0.25, 0.3) is 0 Å². The minimum atomic E-state index is -4.21. The van der Waals surface area contributed by atoms with Crippen LogP contribution in [0.25, 0.3) is 6.08 Å². The molecule has 0 saturated carbocycles. The molecule has 0 aromatic heterocycles. The molecule has 0 fully saturated rings. The van der Waals surface area contributed by atoms with Crippen molar-refractivity contribution in [2.24, 2.45) is 0 Å². The molecule has 0 unspecified atom stereocenters. The van der Waals surface area contributed by atoms with Gasteiger partial charge in [-0.05, 0) is 43.8 Å². The zero-order chi connectivity index (χ0) is 18.9. The summed E-state index contributed by atoms with van der Waals surface area (Å²) in [6, 6.07) is 5.23. The van der Waals surface area contributed by atoms with Crippen molar-refractivity contribution in [1.82, 2.24) is 10.2 Å². The molecule has 0 spiro atoms. The molecule has 1 aromatic rings. The van der Waals surface area contributed by atoms with Gasteiger partial charge in [-0.1, -0.05) is 6.07 Å². The highest BCUT2D eigenvalue weighted by molar-refractivity contribution is 5.91. The number of halogens is 3. The third-order valence-electron chi connectivity index (χ3n) is 3.30. The number of hydrogen-bond acceptors (Lipinski definition) is 4. The van der Waals surface area contributed by atoms with Gasteiger partial charge in [-0.3, -0.25) is 9.69 Å². The summed E-state index contributed by atoms with van der Waals surface area (Å²) in [5.41, 5.74) is 0.762. The summed E-state index contributed by atoms with van der Waals surface area (Å²) in [7, 11) is 4.45. The quantitative estimate of drug-likeness (QED) is 0.543. The lowest BCUT2D eigenvalue weighted by molar-refractivity contribution is -0.143. The van der Waals surface area contributed by atoms with Crippen molar-refractivity contribution >= 4 is 12.0 Å². The first kappa shape index (κ1) is 20.8. The molecule has 1 amide bonds. The van der Waals surface area contributed by atoms with E-state index in [2.05, 4.69) is 5.32 Å². The van der Waals surface area contributed by atoms with Crippen LogP contribution in [0, 0.1) is 0 Å². The Morgan fingerprint density at radius 2 is 1.92 bits per heavy atom.